The van der Waals surface area contributed by atoms with Gasteiger partial charge >= 0.3 is 0 Å². The first-order valence-corrected chi connectivity index (χ1v) is 11.6. The van der Waals surface area contributed by atoms with Crippen LogP contribution >= 0.6 is 12.2 Å². The van der Waals surface area contributed by atoms with E-state index >= 15 is 0 Å². The summed E-state index contributed by atoms with van der Waals surface area (Å²) in [5.41, 5.74) is 0. The molecule has 29 heavy (non-hydrogen) atoms. The Bertz CT molecular complexity index is 690. The number of thiocarbonyl (C=S) groups is 1. The maximum absolute atomic E-state index is 5.67. The fourth-order valence-electron chi connectivity index (χ4n) is 4.48. The van der Waals surface area contributed by atoms with Gasteiger partial charge in [0.1, 0.15) is 11.6 Å². The number of rotatable bonds is 5. The van der Waals surface area contributed by atoms with Crippen LogP contribution in [-0.2, 0) is 4.74 Å². The third kappa shape index (κ3) is 5.69. The first kappa shape index (κ1) is 20.6. The van der Waals surface area contributed by atoms with Crippen LogP contribution < -0.4 is 20.4 Å². The Morgan fingerprint density at radius 2 is 1.83 bits per heavy atom. The van der Waals surface area contributed by atoms with Crippen molar-refractivity contribution in [2.75, 3.05) is 54.4 Å². The molecule has 1 aromatic rings. The fourth-order valence-corrected chi connectivity index (χ4v) is 4.65. The summed E-state index contributed by atoms with van der Waals surface area (Å²) in [7, 11) is 0. The van der Waals surface area contributed by atoms with Gasteiger partial charge in [-0.1, -0.05) is 6.92 Å². The van der Waals surface area contributed by atoms with E-state index in [-0.39, 0.29) is 6.10 Å². The number of nitrogens with one attached hydrogen (secondary N) is 2. The average Bonchev–Trinajstić information content (AvgIpc) is 3.26. The van der Waals surface area contributed by atoms with Gasteiger partial charge in [0.15, 0.2) is 5.11 Å². The largest absolute Gasteiger partial charge is 0.376 e. The van der Waals surface area contributed by atoms with Crippen molar-refractivity contribution in [1.29, 1.82) is 0 Å². The standard InChI is InChI=1S/C21H34N6OS/c1-16-7-5-11-27(15-16)19-13-18(26-9-3-2-4-10-26)23-20(24-19)25-21(29)22-14-17-8-6-12-28-17/h13,16-17H,2-12,14-15H2,1H3,(H2,22,23,24,25,29)/t16-,17+/m1/s1. The molecule has 4 rings (SSSR count). The summed E-state index contributed by atoms with van der Waals surface area (Å²) < 4.78 is 5.67. The normalized spacial score (nSPS) is 25.1. The lowest BCUT2D eigenvalue weighted by atomic mass is 10.0. The van der Waals surface area contributed by atoms with E-state index in [2.05, 4.69) is 33.4 Å². The van der Waals surface area contributed by atoms with Gasteiger partial charge in [0.05, 0.1) is 6.10 Å². The van der Waals surface area contributed by atoms with Gasteiger partial charge in [-0.15, -0.1) is 0 Å². The van der Waals surface area contributed by atoms with E-state index in [1.807, 2.05) is 0 Å². The zero-order chi connectivity index (χ0) is 20.1. The van der Waals surface area contributed by atoms with E-state index in [0.717, 1.165) is 63.8 Å². The molecule has 2 atom stereocenters. The van der Waals surface area contributed by atoms with Crippen LogP contribution in [0.25, 0.3) is 0 Å². The van der Waals surface area contributed by atoms with Crippen LogP contribution in [-0.4, -0.2) is 60.5 Å². The van der Waals surface area contributed by atoms with Crippen LogP contribution in [0.2, 0.25) is 0 Å². The summed E-state index contributed by atoms with van der Waals surface area (Å²) in [5.74, 6) is 3.31. The minimum Gasteiger partial charge on any atom is -0.376 e. The summed E-state index contributed by atoms with van der Waals surface area (Å²) in [4.78, 5) is 14.4. The maximum Gasteiger partial charge on any atom is 0.232 e. The predicted octanol–water partition coefficient (Wildman–Crippen LogP) is 3.17. The number of piperidine rings is 2. The Kier molecular flexibility index (Phi) is 7.02. The van der Waals surface area contributed by atoms with Gasteiger partial charge in [-0.25, -0.2) is 0 Å². The van der Waals surface area contributed by atoms with Gasteiger partial charge in [0.2, 0.25) is 5.95 Å². The van der Waals surface area contributed by atoms with Crippen LogP contribution in [0.5, 0.6) is 0 Å². The molecule has 0 spiro atoms. The first-order valence-electron chi connectivity index (χ1n) is 11.2. The van der Waals surface area contributed by atoms with Gasteiger partial charge in [-0.3, -0.25) is 0 Å². The topological polar surface area (TPSA) is 65.5 Å². The molecule has 3 aliphatic rings. The molecular formula is C21H34N6OS. The molecule has 3 saturated heterocycles. The molecule has 4 heterocycles. The highest BCUT2D eigenvalue weighted by atomic mass is 32.1. The lowest BCUT2D eigenvalue weighted by molar-refractivity contribution is 0.114. The Labute approximate surface area is 179 Å². The minimum atomic E-state index is 0.251. The molecule has 160 valence electrons. The minimum absolute atomic E-state index is 0.251. The Balaban J connectivity index is 1.48. The molecule has 2 N–H and O–H groups in total. The van der Waals surface area contributed by atoms with E-state index < -0.39 is 0 Å². The molecule has 3 fully saturated rings. The zero-order valence-electron chi connectivity index (χ0n) is 17.5. The van der Waals surface area contributed by atoms with Crippen molar-refractivity contribution in [3.63, 3.8) is 0 Å². The molecule has 8 heteroatoms. The van der Waals surface area contributed by atoms with Gasteiger partial charge in [-0.05, 0) is 63.1 Å². The average molecular weight is 419 g/mol. The Morgan fingerprint density at radius 3 is 2.55 bits per heavy atom. The Hall–Kier alpha value is -1.67. The van der Waals surface area contributed by atoms with E-state index in [4.69, 9.17) is 26.9 Å². The quantitative estimate of drug-likeness (QED) is 0.707. The smallest absolute Gasteiger partial charge is 0.232 e. The second-order valence-electron chi connectivity index (χ2n) is 8.62. The molecular weight excluding hydrogens is 384 g/mol. The SMILES string of the molecule is C[C@@H]1CCCN(c2cc(N3CCCCC3)nc(NC(=S)NC[C@@H]3CCCO3)n2)C1. The van der Waals surface area contributed by atoms with Crippen LogP contribution in [0.1, 0.15) is 51.9 Å². The molecule has 0 radical (unpaired) electrons. The summed E-state index contributed by atoms with van der Waals surface area (Å²) in [6.45, 7) is 8.14. The highest BCUT2D eigenvalue weighted by Crippen LogP contribution is 2.27. The molecule has 0 unspecified atom stereocenters. The number of nitrogens with zero attached hydrogens (tertiary/aromatic N) is 4. The number of ether oxygens (including phenoxy) is 1. The zero-order valence-corrected chi connectivity index (χ0v) is 18.3. The van der Waals surface area contributed by atoms with Crippen LogP contribution in [0.15, 0.2) is 6.07 Å². The van der Waals surface area contributed by atoms with Gasteiger partial charge in [-0.2, -0.15) is 9.97 Å². The summed E-state index contributed by atoms with van der Waals surface area (Å²) in [6, 6.07) is 2.16. The second-order valence-corrected chi connectivity index (χ2v) is 9.03. The van der Waals surface area contributed by atoms with Crippen LogP contribution in [0.3, 0.4) is 0 Å². The number of aromatic nitrogens is 2. The second kappa shape index (κ2) is 9.89. The van der Waals surface area contributed by atoms with Crippen LogP contribution in [0, 0.1) is 5.92 Å². The van der Waals surface area contributed by atoms with Gasteiger partial charge < -0.3 is 25.2 Å². The highest BCUT2D eigenvalue weighted by molar-refractivity contribution is 7.80. The molecule has 0 amide bonds. The number of hydrogen-bond acceptors (Lipinski definition) is 6. The highest BCUT2D eigenvalue weighted by Gasteiger charge is 2.22. The molecule has 3 aliphatic heterocycles. The molecule has 0 bridgehead atoms. The summed E-state index contributed by atoms with van der Waals surface area (Å²) >= 11 is 5.50. The molecule has 0 saturated carbocycles. The van der Waals surface area contributed by atoms with Crippen molar-refractivity contribution in [3.8, 4) is 0 Å². The van der Waals surface area contributed by atoms with Crippen molar-refractivity contribution in [3.05, 3.63) is 6.07 Å². The van der Waals surface area contributed by atoms with Crippen molar-refractivity contribution in [2.45, 2.75) is 58.0 Å². The van der Waals surface area contributed by atoms with Crippen molar-refractivity contribution >= 4 is 34.9 Å². The third-order valence-electron chi connectivity index (χ3n) is 6.10. The van der Waals surface area contributed by atoms with E-state index in [1.165, 1.54) is 32.1 Å². The summed E-state index contributed by atoms with van der Waals surface area (Å²) in [5, 5.41) is 7.06. The van der Waals surface area contributed by atoms with E-state index in [1.54, 1.807) is 0 Å². The Morgan fingerprint density at radius 1 is 1.07 bits per heavy atom. The lowest BCUT2D eigenvalue weighted by Crippen LogP contribution is -2.37. The predicted molar refractivity (Wildman–Crippen MR) is 122 cm³/mol. The number of hydrogen-bond donors (Lipinski definition) is 2. The molecule has 1 aromatic heterocycles. The van der Waals surface area contributed by atoms with Gasteiger partial charge in [0, 0.05) is 45.4 Å². The summed E-state index contributed by atoms with van der Waals surface area (Å²) in [6.07, 6.45) is 8.74. The monoisotopic (exact) mass is 418 g/mol. The molecule has 7 nitrogen and oxygen atoms in total. The number of anilines is 3. The molecule has 0 aliphatic carbocycles. The van der Waals surface area contributed by atoms with Gasteiger partial charge in [0.25, 0.3) is 0 Å². The third-order valence-corrected chi connectivity index (χ3v) is 6.35. The fraction of sp³-hybridized carbons (Fsp3) is 0.762. The first-order chi connectivity index (χ1) is 14.2. The van der Waals surface area contributed by atoms with Crippen molar-refractivity contribution in [2.24, 2.45) is 5.92 Å². The van der Waals surface area contributed by atoms with E-state index in [0.29, 0.717) is 17.0 Å². The maximum atomic E-state index is 5.67. The lowest BCUT2D eigenvalue weighted by Gasteiger charge is -2.33. The van der Waals surface area contributed by atoms with Crippen molar-refractivity contribution in [1.82, 2.24) is 15.3 Å². The van der Waals surface area contributed by atoms with Crippen LogP contribution in [0.4, 0.5) is 17.6 Å². The van der Waals surface area contributed by atoms with E-state index in [9.17, 15) is 0 Å². The van der Waals surface area contributed by atoms with Crippen molar-refractivity contribution < 1.29 is 4.74 Å². The molecule has 0 aromatic carbocycles.